The van der Waals surface area contributed by atoms with Gasteiger partial charge >= 0.3 is 0 Å². The van der Waals surface area contributed by atoms with Crippen molar-refractivity contribution < 1.29 is 4.74 Å². The van der Waals surface area contributed by atoms with E-state index >= 15 is 0 Å². The highest BCUT2D eigenvalue weighted by Gasteiger charge is 2.17. The summed E-state index contributed by atoms with van der Waals surface area (Å²) < 4.78 is 5.70. The van der Waals surface area contributed by atoms with E-state index in [1.807, 2.05) is 25.2 Å². The molecule has 0 bridgehead atoms. The van der Waals surface area contributed by atoms with Gasteiger partial charge < -0.3 is 10.1 Å². The summed E-state index contributed by atoms with van der Waals surface area (Å²) in [5, 5.41) is 4.79. The summed E-state index contributed by atoms with van der Waals surface area (Å²) in [6, 6.07) is 0. The minimum atomic E-state index is 0.337. The molecule has 3 N–H and O–H groups in total. The molecule has 1 aliphatic heterocycles. The Kier molecular flexibility index (Phi) is 4.05. The number of nitrogens with one attached hydrogen (secondary N) is 1. The first kappa shape index (κ1) is 10.3. The first-order chi connectivity index (χ1) is 6.22. The number of piperidine rings is 1. The van der Waals surface area contributed by atoms with Crippen molar-refractivity contribution in [2.45, 2.75) is 25.9 Å². The highest BCUT2D eigenvalue weighted by atomic mass is 16.5. The standard InChI is InChI=1S/C9H19N3O/c1-8(7-11-2)13-9-3-5-12(10)6-4-9/h7,9,11H,3-6,10H2,1-2H3/b8-7+. The van der Waals surface area contributed by atoms with Crippen molar-refractivity contribution in [2.24, 2.45) is 5.84 Å². The van der Waals surface area contributed by atoms with Gasteiger partial charge in [0, 0.05) is 26.3 Å². The van der Waals surface area contributed by atoms with Gasteiger partial charge in [0.05, 0.1) is 0 Å². The molecule has 0 amide bonds. The van der Waals surface area contributed by atoms with Gasteiger partial charge in [-0.2, -0.15) is 0 Å². The summed E-state index contributed by atoms with van der Waals surface area (Å²) in [6.07, 6.45) is 4.25. The van der Waals surface area contributed by atoms with E-state index in [4.69, 9.17) is 10.6 Å². The lowest BCUT2D eigenvalue weighted by Gasteiger charge is -2.29. The van der Waals surface area contributed by atoms with Crippen LogP contribution in [0.25, 0.3) is 0 Å². The molecular weight excluding hydrogens is 166 g/mol. The summed E-state index contributed by atoms with van der Waals surface area (Å²) in [6.45, 7) is 3.82. The topological polar surface area (TPSA) is 50.5 Å². The van der Waals surface area contributed by atoms with Gasteiger partial charge in [-0.3, -0.25) is 5.84 Å². The number of nitrogens with two attached hydrogens (primary N) is 1. The Hall–Kier alpha value is -0.740. The van der Waals surface area contributed by atoms with E-state index in [9.17, 15) is 0 Å². The Morgan fingerprint density at radius 3 is 2.69 bits per heavy atom. The second-order valence-corrected chi connectivity index (χ2v) is 3.40. The number of hydrazine groups is 1. The average Bonchev–Trinajstić information content (AvgIpc) is 2.09. The molecule has 4 heteroatoms. The lowest BCUT2D eigenvalue weighted by Crippen LogP contribution is -2.41. The predicted molar refractivity (Wildman–Crippen MR) is 52.7 cm³/mol. The van der Waals surface area contributed by atoms with Crippen LogP contribution in [0.1, 0.15) is 19.8 Å². The highest BCUT2D eigenvalue weighted by Crippen LogP contribution is 2.14. The van der Waals surface area contributed by atoms with Crippen LogP contribution in [-0.4, -0.2) is 31.3 Å². The minimum Gasteiger partial charge on any atom is -0.493 e. The molecule has 0 unspecified atom stereocenters. The monoisotopic (exact) mass is 185 g/mol. The number of ether oxygens (including phenoxy) is 1. The van der Waals surface area contributed by atoms with E-state index in [1.54, 1.807) is 0 Å². The molecule has 1 heterocycles. The molecule has 4 nitrogen and oxygen atoms in total. The smallest absolute Gasteiger partial charge is 0.109 e. The number of allylic oxidation sites excluding steroid dienone is 1. The fraction of sp³-hybridized carbons (Fsp3) is 0.778. The Morgan fingerprint density at radius 1 is 1.54 bits per heavy atom. The Bertz CT molecular complexity index is 174. The van der Waals surface area contributed by atoms with E-state index in [2.05, 4.69) is 5.32 Å². The third-order valence-corrected chi connectivity index (χ3v) is 2.18. The van der Waals surface area contributed by atoms with Crippen LogP contribution in [0.4, 0.5) is 0 Å². The van der Waals surface area contributed by atoms with Gasteiger partial charge in [-0.25, -0.2) is 5.01 Å². The Balaban J connectivity index is 2.26. The first-order valence-electron chi connectivity index (χ1n) is 4.72. The van der Waals surface area contributed by atoms with Gasteiger partial charge in [0.25, 0.3) is 0 Å². The summed E-state index contributed by atoms with van der Waals surface area (Å²) in [4.78, 5) is 0. The van der Waals surface area contributed by atoms with Crippen molar-refractivity contribution in [1.82, 2.24) is 10.3 Å². The van der Waals surface area contributed by atoms with Crippen molar-refractivity contribution in [3.05, 3.63) is 12.0 Å². The van der Waals surface area contributed by atoms with Crippen molar-refractivity contribution in [1.29, 1.82) is 0 Å². The van der Waals surface area contributed by atoms with Crippen molar-refractivity contribution in [2.75, 3.05) is 20.1 Å². The lowest BCUT2D eigenvalue weighted by atomic mass is 10.1. The van der Waals surface area contributed by atoms with Gasteiger partial charge in [0.15, 0.2) is 0 Å². The highest BCUT2D eigenvalue weighted by molar-refractivity contribution is 4.87. The fourth-order valence-corrected chi connectivity index (χ4v) is 1.49. The van der Waals surface area contributed by atoms with Crippen LogP contribution in [0.2, 0.25) is 0 Å². The maximum absolute atomic E-state index is 5.70. The van der Waals surface area contributed by atoms with E-state index < -0.39 is 0 Å². The molecule has 76 valence electrons. The third-order valence-electron chi connectivity index (χ3n) is 2.18. The number of hydrogen-bond acceptors (Lipinski definition) is 4. The molecule has 1 rings (SSSR count). The van der Waals surface area contributed by atoms with Crippen molar-refractivity contribution >= 4 is 0 Å². The summed E-state index contributed by atoms with van der Waals surface area (Å²) in [5.74, 6) is 6.58. The Labute approximate surface area is 79.7 Å². The van der Waals surface area contributed by atoms with Crippen LogP contribution in [0, 0.1) is 0 Å². The normalized spacial score (nSPS) is 21.6. The number of nitrogens with zero attached hydrogens (tertiary/aromatic N) is 1. The van der Waals surface area contributed by atoms with Gasteiger partial charge in [-0.1, -0.05) is 0 Å². The molecule has 0 aromatic carbocycles. The molecule has 0 saturated carbocycles. The van der Waals surface area contributed by atoms with Crippen LogP contribution in [0.3, 0.4) is 0 Å². The van der Waals surface area contributed by atoms with Crippen LogP contribution in [0.15, 0.2) is 12.0 Å². The maximum atomic E-state index is 5.70. The fourth-order valence-electron chi connectivity index (χ4n) is 1.49. The summed E-state index contributed by atoms with van der Waals surface area (Å²) in [7, 11) is 1.87. The van der Waals surface area contributed by atoms with Crippen LogP contribution >= 0.6 is 0 Å². The average molecular weight is 185 g/mol. The number of rotatable bonds is 3. The lowest BCUT2D eigenvalue weighted by molar-refractivity contribution is 0.0504. The van der Waals surface area contributed by atoms with E-state index in [0.29, 0.717) is 6.10 Å². The summed E-state index contributed by atoms with van der Waals surface area (Å²) in [5.41, 5.74) is 0. The molecule has 1 fully saturated rings. The molecule has 0 spiro atoms. The molecular formula is C9H19N3O. The van der Waals surface area contributed by atoms with Gasteiger partial charge in [0.1, 0.15) is 11.9 Å². The van der Waals surface area contributed by atoms with E-state index in [1.165, 1.54) is 0 Å². The first-order valence-corrected chi connectivity index (χ1v) is 4.72. The van der Waals surface area contributed by atoms with Gasteiger partial charge in [-0.05, 0) is 19.8 Å². The largest absolute Gasteiger partial charge is 0.493 e. The van der Waals surface area contributed by atoms with Crippen LogP contribution in [0.5, 0.6) is 0 Å². The van der Waals surface area contributed by atoms with Crippen molar-refractivity contribution in [3.8, 4) is 0 Å². The second-order valence-electron chi connectivity index (χ2n) is 3.40. The molecule has 1 saturated heterocycles. The van der Waals surface area contributed by atoms with Crippen LogP contribution < -0.4 is 11.2 Å². The van der Waals surface area contributed by atoms with Gasteiger partial charge in [0.2, 0.25) is 0 Å². The van der Waals surface area contributed by atoms with Crippen LogP contribution in [-0.2, 0) is 4.74 Å². The predicted octanol–water partition coefficient (Wildman–Crippen LogP) is 0.422. The van der Waals surface area contributed by atoms with E-state index in [0.717, 1.165) is 31.7 Å². The molecule has 1 aliphatic rings. The summed E-state index contributed by atoms with van der Waals surface area (Å²) >= 11 is 0. The molecule has 0 aromatic rings. The minimum absolute atomic E-state index is 0.337. The number of hydrogen-bond donors (Lipinski definition) is 2. The zero-order valence-corrected chi connectivity index (χ0v) is 8.42. The van der Waals surface area contributed by atoms with E-state index in [-0.39, 0.29) is 0 Å². The quantitative estimate of drug-likeness (QED) is 0.494. The molecule has 0 radical (unpaired) electrons. The SMILES string of the molecule is CN/C=C(\C)OC1CCN(N)CC1. The Morgan fingerprint density at radius 2 is 2.15 bits per heavy atom. The zero-order valence-electron chi connectivity index (χ0n) is 8.42. The molecule has 0 aliphatic carbocycles. The molecule has 13 heavy (non-hydrogen) atoms. The third kappa shape index (κ3) is 3.65. The maximum Gasteiger partial charge on any atom is 0.109 e. The second kappa shape index (κ2) is 5.09. The van der Waals surface area contributed by atoms with Gasteiger partial charge in [-0.15, -0.1) is 0 Å². The zero-order chi connectivity index (χ0) is 9.68. The molecule has 0 atom stereocenters. The van der Waals surface area contributed by atoms with Crippen molar-refractivity contribution in [3.63, 3.8) is 0 Å². The molecule has 0 aromatic heterocycles.